The molecule has 0 unspecified atom stereocenters. The van der Waals surface area contributed by atoms with Crippen molar-refractivity contribution >= 4 is 46.7 Å². The number of hydrogen-bond acceptors (Lipinski definition) is 4. The Morgan fingerprint density at radius 1 is 1.33 bits per heavy atom. The normalized spacial score (nSPS) is 29.3. The lowest BCUT2D eigenvalue weighted by Crippen LogP contribution is -2.40. The lowest BCUT2D eigenvalue weighted by Gasteiger charge is -2.36. The minimum absolute atomic E-state index is 0.381. The van der Waals surface area contributed by atoms with Crippen molar-refractivity contribution in [1.82, 2.24) is 9.88 Å². The number of piperidine rings is 1. The van der Waals surface area contributed by atoms with E-state index in [1.165, 1.54) is 25.7 Å². The fraction of sp³-hybridized carbons (Fsp3) is 0.533. The van der Waals surface area contributed by atoms with Crippen molar-refractivity contribution in [3.63, 3.8) is 0 Å². The molecule has 1 aromatic carbocycles. The Labute approximate surface area is 138 Å². The fourth-order valence-electron chi connectivity index (χ4n) is 3.69. The maximum absolute atomic E-state index is 6.50. The quantitative estimate of drug-likeness (QED) is 0.791. The van der Waals surface area contributed by atoms with Crippen molar-refractivity contribution in [3.05, 3.63) is 22.0 Å². The van der Waals surface area contributed by atoms with Crippen molar-refractivity contribution in [2.75, 3.05) is 7.05 Å². The molecule has 0 aliphatic carbocycles. The first kappa shape index (κ1) is 14.1. The number of aromatic amines is 1. The number of rotatable bonds is 2. The lowest BCUT2D eigenvalue weighted by molar-refractivity contribution is 0.183. The molecule has 2 aliphatic rings. The largest absolute Gasteiger partial charge is 0.428 e. The van der Waals surface area contributed by atoms with E-state index in [2.05, 4.69) is 23.0 Å². The Morgan fingerprint density at radius 3 is 2.76 bits per heavy atom. The number of halogens is 1. The van der Waals surface area contributed by atoms with Crippen LogP contribution in [-0.2, 0) is 0 Å². The minimum Gasteiger partial charge on any atom is -0.428 e. The van der Waals surface area contributed by atoms with E-state index in [0.717, 1.165) is 22.5 Å². The van der Waals surface area contributed by atoms with Crippen LogP contribution in [0.5, 0.6) is 0 Å². The van der Waals surface area contributed by atoms with Gasteiger partial charge in [-0.3, -0.25) is 0 Å². The third-order valence-corrected chi connectivity index (χ3v) is 6.83. The summed E-state index contributed by atoms with van der Waals surface area (Å²) in [5.41, 5.74) is 1.56. The zero-order chi connectivity index (χ0) is 14.6. The number of nitrogens with one attached hydrogen (secondary N) is 1. The van der Waals surface area contributed by atoms with Crippen molar-refractivity contribution in [3.8, 4) is 0 Å². The van der Waals surface area contributed by atoms with E-state index < -0.39 is 0 Å². The molecule has 4 rings (SSSR count). The molecule has 21 heavy (non-hydrogen) atoms. The van der Waals surface area contributed by atoms with Crippen LogP contribution in [0.25, 0.3) is 11.1 Å². The molecule has 1 N–H and O–H groups in total. The van der Waals surface area contributed by atoms with Gasteiger partial charge in [0.25, 0.3) is 4.84 Å². The number of fused-ring (bicyclic) bond motifs is 3. The minimum atomic E-state index is 0.381. The van der Waals surface area contributed by atoms with E-state index in [1.54, 1.807) is 0 Å². The zero-order valence-electron chi connectivity index (χ0n) is 11.8. The molecule has 0 amide bonds. The van der Waals surface area contributed by atoms with Gasteiger partial charge < -0.3 is 14.3 Å². The van der Waals surface area contributed by atoms with Crippen molar-refractivity contribution in [2.45, 2.75) is 47.9 Å². The molecular weight excluding hydrogens is 324 g/mol. The zero-order valence-corrected chi connectivity index (χ0v) is 14.2. The molecule has 6 heteroatoms. The molecule has 2 aromatic rings. The average Bonchev–Trinajstić information content (AvgIpc) is 2.90. The first-order valence-electron chi connectivity index (χ1n) is 7.31. The Balaban J connectivity index is 1.60. The topological polar surface area (TPSA) is 32.2 Å². The van der Waals surface area contributed by atoms with Gasteiger partial charge in [-0.25, -0.2) is 0 Å². The van der Waals surface area contributed by atoms with Gasteiger partial charge in [-0.05, 0) is 57.1 Å². The van der Waals surface area contributed by atoms with Gasteiger partial charge in [-0.15, -0.1) is 11.8 Å². The standard InChI is InChI=1S/C15H17ClN2OS2/c1-18-8-2-3-9(18)7-10(6-8)21-12-5-4-11-14(13(12)16)19-15(20)17-11/h4-5,8-10H,2-3,6-7H2,1H3,(H,17,20)/t8-,9+,10-. The summed E-state index contributed by atoms with van der Waals surface area (Å²) < 4.78 is 5.51. The third kappa shape index (κ3) is 2.44. The molecule has 112 valence electrons. The van der Waals surface area contributed by atoms with E-state index in [0.29, 0.717) is 20.7 Å². The van der Waals surface area contributed by atoms with Crippen LogP contribution in [-0.4, -0.2) is 34.3 Å². The second-order valence-electron chi connectivity index (χ2n) is 6.03. The highest BCUT2D eigenvalue weighted by Gasteiger charge is 2.38. The van der Waals surface area contributed by atoms with Crippen LogP contribution < -0.4 is 0 Å². The van der Waals surface area contributed by atoms with E-state index in [4.69, 9.17) is 28.2 Å². The molecule has 0 radical (unpaired) electrons. The molecule has 0 spiro atoms. The summed E-state index contributed by atoms with van der Waals surface area (Å²) in [5.74, 6) is 0. The van der Waals surface area contributed by atoms with Gasteiger partial charge in [0.2, 0.25) is 0 Å². The summed E-state index contributed by atoms with van der Waals surface area (Å²) in [7, 11) is 2.27. The molecule has 1 aromatic heterocycles. The van der Waals surface area contributed by atoms with Crippen LogP contribution >= 0.6 is 35.6 Å². The average molecular weight is 341 g/mol. The van der Waals surface area contributed by atoms with Gasteiger partial charge in [-0.2, -0.15) is 0 Å². The summed E-state index contributed by atoms with van der Waals surface area (Å²) in [6.07, 6.45) is 5.19. The number of H-pyrrole nitrogens is 1. The second kappa shape index (κ2) is 5.30. The molecule has 2 fully saturated rings. The summed E-state index contributed by atoms with van der Waals surface area (Å²) >= 11 is 13.4. The molecule has 3 nitrogen and oxygen atoms in total. The number of oxazole rings is 1. The molecule has 2 saturated heterocycles. The van der Waals surface area contributed by atoms with Gasteiger partial charge >= 0.3 is 0 Å². The van der Waals surface area contributed by atoms with Gasteiger partial charge in [0, 0.05) is 22.2 Å². The highest BCUT2D eigenvalue weighted by molar-refractivity contribution is 8.00. The van der Waals surface area contributed by atoms with E-state index in [1.807, 2.05) is 17.8 Å². The molecule has 3 heterocycles. The molecule has 0 saturated carbocycles. The number of nitrogens with zero attached hydrogens (tertiary/aromatic N) is 1. The van der Waals surface area contributed by atoms with Crippen LogP contribution in [0.4, 0.5) is 0 Å². The van der Waals surface area contributed by atoms with Gasteiger partial charge in [-0.1, -0.05) is 11.6 Å². The second-order valence-corrected chi connectivity index (χ2v) is 8.12. The first-order valence-corrected chi connectivity index (χ1v) is 8.98. The highest BCUT2D eigenvalue weighted by Crippen LogP contribution is 2.44. The Bertz CT molecular complexity index is 727. The Kier molecular flexibility index (Phi) is 3.57. The van der Waals surface area contributed by atoms with E-state index in [9.17, 15) is 0 Å². The summed E-state index contributed by atoms with van der Waals surface area (Å²) in [5, 5.41) is 1.34. The van der Waals surface area contributed by atoms with Crippen LogP contribution in [0.1, 0.15) is 25.7 Å². The number of thioether (sulfide) groups is 1. The van der Waals surface area contributed by atoms with Crippen LogP contribution in [0.15, 0.2) is 21.4 Å². The van der Waals surface area contributed by atoms with Gasteiger partial charge in [0.15, 0.2) is 5.58 Å². The number of hydrogen-bond donors (Lipinski definition) is 1. The number of benzene rings is 1. The molecule has 2 bridgehead atoms. The van der Waals surface area contributed by atoms with Crippen molar-refractivity contribution in [2.24, 2.45) is 0 Å². The molecule has 3 atom stereocenters. The monoisotopic (exact) mass is 340 g/mol. The summed E-state index contributed by atoms with van der Waals surface area (Å²) in [6, 6.07) is 5.59. The van der Waals surface area contributed by atoms with E-state index in [-0.39, 0.29) is 0 Å². The smallest absolute Gasteiger partial charge is 0.266 e. The van der Waals surface area contributed by atoms with Gasteiger partial charge in [0.05, 0.1) is 10.5 Å². The predicted octanol–water partition coefficient (Wildman–Crippen LogP) is 4.86. The predicted molar refractivity (Wildman–Crippen MR) is 89.9 cm³/mol. The van der Waals surface area contributed by atoms with E-state index >= 15 is 0 Å². The highest BCUT2D eigenvalue weighted by atomic mass is 35.5. The van der Waals surface area contributed by atoms with Crippen molar-refractivity contribution < 1.29 is 4.42 Å². The van der Waals surface area contributed by atoms with Crippen LogP contribution in [0, 0.1) is 4.84 Å². The SMILES string of the molecule is CN1[C@@H]2CC[C@H]1C[C@H](Sc1ccc3[nH]c(=S)oc3c1Cl)C2. The summed E-state index contributed by atoms with van der Waals surface area (Å²) in [4.78, 5) is 7.06. The van der Waals surface area contributed by atoms with Crippen LogP contribution in [0.3, 0.4) is 0 Å². The molecule has 2 aliphatic heterocycles. The Hall–Kier alpha value is -0.490. The Morgan fingerprint density at radius 2 is 2.05 bits per heavy atom. The van der Waals surface area contributed by atoms with Crippen molar-refractivity contribution in [1.29, 1.82) is 0 Å². The first-order chi connectivity index (χ1) is 10.1. The maximum Gasteiger partial charge on any atom is 0.266 e. The van der Waals surface area contributed by atoms with Gasteiger partial charge in [0.1, 0.15) is 0 Å². The number of aromatic nitrogens is 1. The fourth-order valence-corrected chi connectivity index (χ4v) is 5.56. The van der Waals surface area contributed by atoms with Crippen LogP contribution in [0.2, 0.25) is 5.02 Å². The molecular formula is C15H17ClN2OS2. The maximum atomic E-state index is 6.50. The summed E-state index contributed by atoms with van der Waals surface area (Å²) in [6.45, 7) is 0. The lowest BCUT2D eigenvalue weighted by atomic mass is 10.0. The third-order valence-electron chi connectivity index (χ3n) is 4.84.